The van der Waals surface area contributed by atoms with Crippen molar-refractivity contribution in [1.29, 1.82) is 0 Å². The predicted molar refractivity (Wildman–Crippen MR) is 167 cm³/mol. The lowest BCUT2D eigenvalue weighted by Gasteiger charge is -2.63. The maximum absolute atomic E-state index is 12.5. The van der Waals surface area contributed by atoms with E-state index in [1.54, 1.807) is 0 Å². The lowest BCUT2D eigenvalue weighted by Crippen LogP contribution is -2.65. The van der Waals surface area contributed by atoms with Gasteiger partial charge in [-0.2, -0.15) is 0 Å². The van der Waals surface area contributed by atoms with Gasteiger partial charge in [0, 0.05) is 5.41 Å². The number of fused-ring (bicyclic) bond motifs is 5. The molecule has 278 valence electrons. The zero-order chi connectivity index (χ0) is 35.0. The van der Waals surface area contributed by atoms with Crippen molar-refractivity contribution in [2.75, 3.05) is 19.8 Å². The number of hydrogen-bond acceptors (Lipinski definition) is 14. The molecule has 0 radical (unpaired) electrons. The Labute approximate surface area is 285 Å². The number of aliphatic hydroxyl groups excluding tert-OH is 7. The van der Waals surface area contributed by atoms with Crippen molar-refractivity contribution in [3.63, 3.8) is 0 Å². The summed E-state index contributed by atoms with van der Waals surface area (Å²) < 4.78 is 28.7. The number of carbonyl (C=O) groups is 1. The molecular weight excluding hydrogens is 644 g/mol. The number of esters is 1. The van der Waals surface area contributed by atoms with Crippen molar-refractivity contribution in [2.45, 2.75) is 151 Å². The van der Waals surface area contributed by atoms with Crippen LogP contribution in [0.2, 0.25) is 0 Å². The first kappa shape index (κ1) is 36.1. The van der Waals surface area contributed by atoms with E-state index in [9.17, 15) is 45.6 Å². The van der Waals surface area contributed by atoms with Crippen LogP contribution in [-0.4, -0.2) is 140 Å². The maximum Gasteiger partial charge on any atom is 0.310 e. The Balaban J connectivity index is 1.03. The summed E-state index contributed by atoms with van der Waals surface area (Å²) in [6, 6.07) is 0. The quantitative estimate of drug-likeness (QED) is 0.0986. The van der Waals surface area contributed by atoms with Gasteiger partial charge < -0.3 is 64.5 Å². The zero-order valence-corrected chi connectivity index (χ0v) is 28.3. The highest BCUT2D eigenvalue weighted by molar-refractivity contribution is 5.76. The molecule has 0 bridgehead atoms. The van der Waals surface area contributed by atoms with E-state index in [1.165, 1.54) is 5.57 Å². The highest BCUT2D eigenvalue weighted by atomic mass is 16.7. The van der Waals surface area contributed by atoms with E-state index < -0.39 is 80.2 Å². The molecule has 3 heterocycles. The Morgan fingerprint density at radius 1 is 0.776 bits per heavy atom. The summed E-state index contributed by atoms with van der Waals surface area (Å²) in [7, 11) is 0. The number of aliphatic hydroxyl groups is 8. The SMILES string of the molecule is C[C@@]12CC[C@H](O[C@H]3O[C@@H](CO)[C@H](O)[C@@H](O[C@@H]4O[C@H](CO)[C@H](O)[C@H](O)[C@@H]4O)[C@@H]3O)C[C@@H]1CC[C@H]1[C@H]2CC[C@@]2(C)/C(=C3/COC(=O)C3)CC[C@]12O. The second kappa shape index (κ2) is 13.3. The molecular formula is C35H54O14. The molecule has 4 saturated carbocycles. The molecule has 0 unspecified atom stereocenters. The molecule has 14 heteroatoms. The third-order valence-corrected chi connectivity index (χ3v) is 14.1. The molecule has 3 aliphatic heterocycles. The van der Waals surface area contributed by atoms with E-state index >= 15 is 0 Å². The van der Waals surface area contributed by atoms with Gasteiger partial charge in [-0.3, -0.25) is 4.79 Å². The smallest absolute Gasteiger partial charge is 0.310 e. The van der Waals surface area contributed by atoms with Crippen LogP contribution in [0, 0.1) is 28.6 Å². The van der Waals surface area contributed by atoms with Crippen LogP contribution in [0.5, 0.6) is 0 Å². The first-order valence-corrected chi connectivity index (χ1v) is 18.1. The van der Waals surface area contributed by atoms with E-state index in [0.29, 0.717) is 44.1 Å². The number of ether oxygens (including phenoxy) is 5. The van der Waals surface area contributed by atoms with Crippen LogP contribution in [0.25, 0.3) is 0 Å². The number of rotatable bonds is 6. The van der Waals surface area contributed by atoms with E-state index in [1.807, 2.05) is 0 Å². The molecule has 0 spiro atoms. The monoisotopic (exact) mass is 698 g/mol. The average Bonchev–Trinajstić information content (AvgIpc) is 3.63. The molecule has 0 aromatic rings. The summed E-state index contributed by atoms with van der Waals surface area (Å²) in [5.41, 5.74) is 1.07. The van der Waals surface area contributed by atoms with Crippen molar-refractivity contribution >= 4 is 5.97 Å². The fourth-order valence-corrected chi connectivity index (χ4v) is 11.2. The Bertz CT molecular complexity index is 1280. The minimum Gasteiger partial charge on any atom is -0.461 e. The number of hydrogen-bond donors (Lipinski definition) is 8. The van der Waals surface area contributed by atoms with Gasteiger partial charge in [-0.25, -0.2) is 0 Å². The number of cyclic esters (lactones) is 1. The summed E-state index contributed by atoms with van der Waals surface area (Å²) in [5, 5.41) is 85.1. The molecule has 49 heavy (non-hydrogen) atoms. The average molecular weight is 699 g/mol. The number of carbonyl (C=O) groups excluding carboxylic acids is 1. The topological polar surface area (TPSA) is 225 Å². The molecule has 8 N–H and O–H groups in total. The predicted octanol–water partition coefficient (Wildman–Crippen LogP) is -0.603. The summed E-state index contributed by atoms with van der Waals surface area (Å²) in [6.07, 6.45) is -7.54. The van der Waals surface area contributed by atoms with Gasteiger partial charge in [-0.15, -0.1) is 0 Å². The van der Waals surface area contributed by atoms with E-state index in [2.05, 4.69) is 13.8 Å². The lowest BCUT2D eigenvalue weighted by atomic mass is 9.43. The fourth-order valence-electron chi connectivity index (χ4n) is 11.2. The van der Waals surface area contributed by atoms with Crippen LogP contribution in [0.4, 0.5) is 0 Å². The summed E-state index contributed by atoms with van der Waals surface area (Å²) >= 11 is 0. The van der Waals surface area contributed by atoms with Crippen molar-refractivity contribution in [1.82, 2.24) is 0 Å². The Morgan fingerprint density at radius 3 is 2.14 bits per heavy atom. The first-order chi connectivity index (χ1) is 23.3. The minimum absolute atomic E-state index is 0.0210. The molecule has 14 nitrogen and oxygen atoms in total. The molecule has 7 rings (SSSR count). The molecule has 4 aliphatic carbocycles. The van der Waals surface area contributed by atoms with Gasteiger partial charge in [0.1, 0.15) is 55.4 Å². The van der Waals surface area contributed by atoms with Gasteiger partial charge >= 0.3 is 5.97 Å². The molecule has 17 atom stereocenters. The first-order valence-electron chi connectivity index (χ1n) is 18.1. The standard InChI is InChI=1S/C35H54O14/c1-33-8-5-18(46-32-29(43)30(26(40)23(14-37)48-32)49-31-28(42)27(41)25(39)22(13-36)47-31)12-17(33)3-4-21-20(33)6-9-34(2)19(7-10-35(21,34)44)16-11-24(38)45-15-16/h17-18,20-23,25-32,36-37,39-44H,3-15H2,1-2H3/b19-16+/t17-,18-,20+,21-,22+,23-,25-,26-,27-,28-,29-,30+,31-,32-,33+,34-,35-/m0/s1. The molecule has 0 amide bonds. The third kappa shape index (κ3) is 5.73. The highest BCUT2D eigenvalue weighted by Crippen LogP contribution is 2.69. The fraction of sp³-hybridized carbons (Fsp3) is 0.914. The van der Waals surface area contributed by atoms with Crippen molar-refractivity contribution in [2.24, 2.45) is 28.6 Å². The van der Waals surface area contributed by atoms with E-state index in [0.717, 1.165) is 44.1 Å². The van der Waals surface area contributed by atoms with Crippen molar-refractivity contribution in [3.8, 4) is 0 Å². The summed E-state index contributed by atoms with van der Waals surface area (Å²) in [4.78, 5) is 11.9. The maximum atomic E-state index is 12.5. The van der Waals surface area contributed by atoms with Crippen LogP contribution in [0.1, 0.15) is 78.1 Å². The van der Waals surface area contributed by atoms with Crippen LogP contribution in [-0.2, 0) is 28.5 Å². The molecule has 7 aliphatic rings. The van der Waals surface area contributed by atoms with Crippen LogP contribution < -0.4 is 0 Å². The summed E-state index contributed by atoms with van der Waals surface area (Å²) in [5.74, 6) is 0.601. The van der Waals surface area contributed by atoms with Crippen molar-refractivity contribution < 1.29 is 69.3 Å². The molecule has 0 aromatic carbocycles. The van der Waals surface area contributed by atoms with Crippen LogP contribution >= 0.6 is 0 Å². The molecule has 0 aromatic heterocycles. The van der Waals surface area contributed by atoms with Crippen LogP contribution in [0.3, 0.4) is 0 Å². The van der Waals surface area contributed by atoms with Gasteiger partial charge in [0.05, 0.1) is 31.3 Å². The van der Waals surface area contributed by atoms with E-state index in [4.69, 9.17) is 23.7 Å². The van der Waals surface area contributed by atoms with Crippen LogP contribution in [0.15, 0.2) is 11.1 Å². The summed E-state index contributed by atoms with van der Waals surface area (Å²) in [6.45, 7) is 3.60. The second-order valence-corrected chi connectivity index (χ2v) is 16.2. The molecule has 3 saturated heterocycles. The minimum atomic E-state index is -1.75. The second-order valence-electron chi connectivity index (χ2n) is 16.2. The van der Waals surface area contributed by atoms with Gasteiger partial charge in [0.25, 0.3) is 0 Å². The van der Waals surface area contributed by atoms with Gasteiger partial charge in [-0.1, -0.05) is 19.4 Å². The normalized spacial score (nSPS) is 54.6. The zero-order valence-electron chi connectivity index (χ0n) is 28.3. The third-order valence-electron chi connectivity index (χ3n) is 14.1. The van der Waals surface area contributed by atoms with Gasteiger partial charge in [-0.05, 0) is 86.5 Å². The van der Waals surface area contributed by atoms with Gasteiger partial charge in [0.2, 0.25) is 0 Å². The Hall–Kier alpha value is -1.27. The van der Waals surface area contributed by atoms with Gasteiger partial charge in [0.15, 0.2) is 12.6 Å². The Morgan fingerprint density at radius 2 is 1.47 bits per heavy atom. The lowest BCUT2D eigenvalue weighted by molar-refractivity contribution is -0.365. The van der Waals surface area contributed by atoms with Crippen molar-refractivity contribution in [3.05, 3.63) is 11.1 Å². The Kier molecular flexibility index (Phi) is 9.80. The largest absolute Gasteiger partial charge is 0.461 e. The highest BCUT2D eigenvalue weighted by Gasteiger charge is 2.66. The molecule has 7 fully saturated rings. The van der Waals surface area contributed by atoms with E-state index in [-0.39, 0.29) is 28.8 Å².